The number of hydrogen-bond acceptors (Lipinski definition) is 7. The minimum absolute atomic E-state index is 0.0157. The first-order valence-corrected chi connectivity index (χ1v) is 11.7. The predicted molar refractivity (Wildman–Crippen MR) is 120 cm³/mol. The van der Waals surface area contributed by atoms with Crippen LogP contribution in [0, 0.1) is 16.0 Å². The minimum Gasteiger partial charge on any atom is -0.353 e. The molecular weight excluding hydrogens is 432 g/mol. The van der Waals surface area contributed by atoms with Gasteiger partial charge in [-0.05, 0) is 24.8 Å². The van der Waals surface area contributed by atoms with Crippen LogP contribution in [0.5, 0.6) is 0 Å². The monoisotopic (exact) mass is 460 g/mol. The summed E-state index contributed by atoms with van der Waals surface area (Å²) in [7, 11) is 0. The highest BCUT2D eigenvalue weighted by molar-refractivity contribution is 7.99. The summed E-state index contributed by atoms with van der Waals surface area (Å²) in [5.41, 5.74) is 0.0435. The third-order valence-electron chi connectivity index (χ3n) is 5.35. The molecule has 0 aliphatic heterocycles. The first-order valence-electron chi connectivity index (χ1n) is 10.7. The lowest BCUT2D eigenvalue weighted by atomic mass is 9.95. The molecule has 0 unspecified atom stereocenters. The summed E-state index contributed by atoms with van der Waals surface area (Å²) in [6, 6.07) is 5.35. The van der Waals surface area contributed by atoms with Crippen molar-refractivity contribution in [3.8, 4) is 0 Å². The maximum Gasteiger partial charge on any atom is 0.270 e. The second-order valence-corrected chi connectivity index (χ2v) is 9.14. The summed E-state index contributed by atoms with van der Waals surface area (Å²) in [6.45, 7) is 3.84. The fourth-order valence-corrected chi connectivity index (χ4v) is 4.26. The Bertz CT molecular complexity index is 957. The van der Waals surface area contributed by atoms with Gasteiger partial charge in [0.2, 0.25) is 11.1 Å². The summed E-state index contributed by atoms with van der Waals surface area (Å²) in [6.07, 6.45) is 5.60. The van der Waals surface area contributed by atoms with Crippen molar-refractivity contribution in [2.24, 2.45) is 5.92 Å². The Morgan fingerprint density at radius 1 is 1.28 bits per heavy atom. The normalized spacial score (nSPS) is 15.3. The third kappa shape index (κ3) is 6.52. The van der Waals surface area contributed by atoms with E-state index in [0.717, 1.165) is 25.7 Å². The number of thioether (sulfide) groups is 1. The molecule has 2 aromatic rings. The molecule has 3 N–H and O–H groups in total. The summed E-state index contributed by atoms with van der Waals surface area (Å²) >= 11 is 1.23. The van der Waals surface area contributed by atoms with Crippen LogP contribution in [0.4, 0.5) is 5.69 Å². The number of non-ortho nitro benzene ring substituents is 1. The first kappa shape index (κ1) is 23.7. The topological polar surface area (TPSA) is 143 Å². The lowest BCUT2D eigenvalue weighted by Gasteiger charge is -2.22. The molecule has 1 saturated carbocycles. The van der Waals surface area contributed by atoms with E-state index in [0.29, 0.717) is 11.0 Å². The van der Waals surface area contributed by atoms with Gasteiger partial charge < -0.3 is 10.6 Å². The van der Waals surface area contributed by atoms with Gasteiger partial charge in [-0.1, -0.05) is 50.9 Å². The van der Waals surface area contributed by atoms with Gasteiger partial charge in [-0.3, -0.25) is 24.8 Å². The van der Waals surface area contributed by atoms with Crippen LogP contribution < -0.4 is 10.6 Å². The number of nitro groups is 1. The van der Waals surface area contributed by atoms with Crippen molar-refractivity contribution in [2.45, 2.75) is 63.2 Å². The zero-order valence-electron chi connectivity index (χ0n) is 18.2. The number of carbonyl (C=O) groups excluding carboxylic acids is 2. The summed E-state index contributed by atoms with van der Waals surface area (Å²) in [4.78, 5) is 39.7. The lowest BCUT2D eigenvalue weighted by molar-refractivity contribution is -0.384. The van der Waals surface area contributed by atoms with Gasteiger partial charge in [0.1, 0.15) is 5.82 Å². The van der Waals surface area contributed by atoms with Crippen molar-refractivity contribution in [3.05, 3.63) is 45.8 Å². The number of nitrogens with one attached hydrogen (secondary N) is 3. The van der Waals surface area contributed by atoms with Crippen molar-refractivity contribution in [1.82, 2.24) is 25.8 Å². The molecular formula is C21H28N6O4S. The number of nitro benzene ring substituents is 1. The average molecular weight is 461 g/mol. The van der Waals surface area contributed by atoms with E-state index in [1.165, 1.54) is 42.4 Å². The van der Waals surface area contributed by atoms with Gasteiger partial charge in [0.15, 0.2) is 0 Å². The van der Waals surface area contributed by atoms with Crippen LogP contribution in [0.25, 0.3) is 0 Å². The molecule has 32 heavy (non-hydrogen) atoms. The van der Waals surface area contributed by atoms with Gasteiger partial charge in [-0.2, -0.15) is 0 Å². The zero-order valence-corrected chi connectivity index (χ0v) is 19.0. The average Bonchev–Trinajstić information content (AvgIpc) is 3.25. The number of rotatable bonds is 9. The molecule has 1 heterocycles. The highest BCUT2D eigenvalue weighted by Gasteiger charge is 2.24. The number of amides is 2. The van der Waals surface area contributed by atoms with Crippen LogP contribution in [0.1, 0.15) is 68.2 Å². The Labute approximate surface area is 190 Å². The Kier molecular flexibility index (Phi) is 8.20. The van der Waals surface area contributed by atoms with Crippen LogP contribution >= 0.6 is 11.8 Å². The molecule has 2 amide bonds. The quantitative estimate of drug-likeness (QED) is 0.296. The van der Waals surface area contributed by atoms with Crippen LogP contribution in [0.15, 0.2) is 29.4 Å². The molecule has 1 atom stereocenters. The number of benzene rings is 1. The molecule has 0 spiro atoms. The van der Waals surface area contributed by atoms with Gasteiger partial charge in [-0.15, -0.1) is 5.10 Å². The molecule has 0 radical (unpaired) electrons. The number of nitrogens with zero attached hydrogens (tertiary/aromatic N) is 3. The molecule has 1 aliphatic carbocycles. The fourth-order valence-electron chi connectivity index (χ4n) is 3.64. The van der Waals surface area contributed by atoms with E-state index in [1.54, 1.807) is 0 Å². The van der Waals surface area contributed by atoms with Crippen molar-refractivity contribution in [3.63, 3.8) is 0 Å². The molecule has 10 nitrogen and oxygen atoms in total. The smallest absolute Gasteiger partial charge is 0.270 e. The molecule has 11 heteroatoms. The van der Waals surface area contributed by atoms with Crippen molar-refractivity contribution >= 4 is 29.3 Å². The number of hydrogen-bond donors (Lipinski definition) is 3. The van der Waals surface area contributed by atoms with E-state index < -0.39 is 16.9 Å². The SMILES string of the molecule is CC(C)[C@@H](NC(=O)c1cccc([N+](=O)[O-])c1)c1nc(SCC(=O)NC2CCCCC2)n[nH]1. The maximum atomic E-state index is 12.7. The molecule has 0 bridgehead atoms. The molecule has 1 aromatic carbocycles. The van der Waals surface area contributed by atoms with E-state index in [9.17, 15) is 19.7 Å². The number of aromatic amines is 1. The van der Waals surface area contributed by atoms with Gasteiger partial charge in [0.05, 0.1) is 16.7 Å². The third-order valence-corrected chi connectivity index (χ3v) is 6.20. The lowest BCUT2D eigenvalue weighted by Crippen LogP contribution is -2.37. The maximum absolute atomic E-state index is 12.7. The van der Waals surface area contributed by atoms with Crippen molar-refractivity contribution < 1.29 is 14.5 Å². The van der Waals surface area contributed by atoms with Crippen LogP contribution in [0.2, 0.25) is 0 Å². The highest BCUT2D eigenvalue weighted by Crippen LogP contribution is 2.23. The standard InChI is InChI=1S/C21H28N6O4S/c1-13(2)18(23-20(29)14-7-6-10-16(11-14)27(30)31)19-24-21(26-25-19)32-12-17(28)22-15-8-4-3-5-9-15/h6-7,10-11,13,15,18H,3-5,8-9,12H2,1-2H3,(H,22,28)(H,23,29)(H,24,25,26)/t18-/m1/s1. The Hall–Kier alpha value is -2.95. The highest BCUT2D eigenvalue weighted by atomic mass is 32.2. The molecule has 3 rings (SSSR count). The van der Waals surface area contributed by atoms with Crippen LogP contribution in [0.3, 0.4) is 0 Å². The van der Waals surface area contributed by atoms with Crippen molar-refractivity contribution in [2.75, 3.05) is 5.75 Å². The predicted octanol–water partition coefficient (Wildman–Crippen LogP) is 3.38. The largest absolute Gasteiger partial charge is 0.353 e. The Balaban J connectivity index is 1.59. The van der Waals surface area contributed by atoms with Gasteiger partial charge >= 0.3 is 0 Å². The number of carbonyl (C=O) groups is 2. The van der Waals surface area contributed by atoms with E-state index in [2.05, 4.69) is 25.8 Å². The number of aromatic nitrogens is 3. The van der Waals surface area contributed by atoms with Gasteiger partial charge in [0, 0.05) is 23.7 Å². The van der Waals surface area contributed by atoms with E-state index in [4.69, 9.17) is 0 Å². The second-order valence-electron chi connectivity index (χ2n) is 8.20. The van der Waals surface area contributed by atoms with Crippen LogP contribution in [-0.2, 0) is 4.79 Å². The summed E-state index contributed by atoms with van der Waals surface area (Å²) < 4.78 is 0. The summed E-state index contributed by atoms with van der Waals surface area (Å²) in [5.74, 6) is 0.199. The zero-order chi connectivity index (χ0) is 23.1. The van der Waals surface area contributed by atoms with Crippen LogP contribution in [-0.4, -0.2) is 43.7 Å². The molecule has 1 aliphatic rings. The van der Waals surface area contributed by atoms with Crippen molar-refractivity contribution in [1.29, 1.82) is 0 Å². The van der Waals surface area contributed by atoms with E-state index >= 15 is 0 Å². The number of H-pyrrole nitrogens is 1. The fraction of sp³-hybridized carbons (Fsp3) is 0.524. The molecule has 0 saturated heterocycles. The molecule has 172 valence electrons. The minimum atomic E-state index is -0.541. The Morgan fingerprint density at radius 2 is 2.03 bits per heavy atom. The summed E-state index contributed by atoms with van der Waals surface area (Å²) in [5, 5.41) is 24.3. The Morgan fingerprint density at radius 3 is 2.72 bits per heavy atom. The first-order chi connectivity index (χ1) is 15.3. The van der Waals surface area contributed by atoms with E-state index in [-0.39, 0.29) is 34.9 Å². The molecule has 1 aromatic heterocycles. The van der Waals surface area contributed by atoms with E-state index in [1.807, 2.05) is 13.8 Å². The van der Waals surface area contributed by atoms with Gasteiger partial charge in [0.25, 0.3) is 11.6 Å². The van der Waals surface area contributed by atoms with Gasteiger partial charge in [-0.25, -0.2) is 4.98 Å². The second kappa shape index (κ2) is 11.1. The molecule has 1 fully saturated rings.